The number of anilines is 2. The molecule has 4 N–H and O–H groups in total. The summed E-state index contributed by atoms with van der Waals surface area (Å²) in [6.07, 6.45) is 5.93. The Hall–Kier alpha value is -2.74. The molecule has 0 aliphatic carbocycles. The summed E-state index contributed by atoms with van der Waals surface area (Å²) in [5, 5.41) is 4.01. The van der Waals surface area contributed by atoms with Crippen molar-refractivity contribution in [2.75, 3.05) is 43.4 Å². The molecule has 3 aromatic rings. The molecule has 4 fully saturated rings. The molecule has 0 saturated carbocycles. The van der Waals surface area contributed by atoms with E-state index in [1.165, 1.54) is 18.0 Å². The highest BCUT2D eigenvalue weighted by molar-refractivity contribution is 7.98. The van der Waals surface area contributed by atoms with E-state index in [1.54, 1.807) is 6.07 Å². The molecule has 0 amide bonds. The van der Waals surface area contributed by atoms with Crippen molar-refractivity contribution >= 4 is 56.2 Å². The molecule has 9 nitrogen and oxygen atoms in total. The minimum atomic E-state index is -0.819. The first-order valence-corrected chi connectivity index (χ1v) is 15.5. The van der Waals surface area contributed by atoms with Gasteiger partial charge in [0.15, 0.2) is 10.9 Å². The molecule has 3 unspecified atom stereocenters. The SMILES string of the molecule is Nc1nc2c(C3=Cc4nc(OC[C@@]56CCCN5CC(F)C6)nc(N5CC6CCC(C5)N6)c4SN3)ccc(F)c2s1. The molecule has 1 aromatic carbocycles. The van der Waals surface area contributed by atoms with Crippen LogP contribution in [0.5, 0.6) is 6.01 Å². The Morgan fingerprint density at radius 3 is 2.85 bits per heavy atom. The zero-order chi connectivity index (χ0) is 27.0. The third-order valence-corrected chi connectivity index (χ3v) is 10.8. The summed E-state index contributed by atoms with van der Waals surface area (Å²) in [5.41, 5.74) is 8.43. The number of benzene rings is 1. The summed E-state index contributed by atoms with van der Waals surface area (Å²) in [4.78, 5) is 19.7. The highest BCUT2D eigenvalue weighted by atomic mass is 32.2. The fourth-order valence-electron chi connectivity index (χ4n) is 7.14. The van der Waals surface area contributed by atoms with Crippen LogP contribution in [0.3, 0.4) is 0 Å². The summed E-state index contributed by atoms with van der Waals surface area (Å²) < 4.78 is 39.1. The van der Waals surface area contributed by atoms with Gasteiger partial charge >= 0.3 is 6.01 Å². The van der Waals surface area contributed by atoms with Crippen LogP contribution < -0.4 is 25.4 Å². The van der Waals surface area contributed by atoms with E-state index in [-0.39, 0.29) is 11.4 Å². The predicted molar refractivity (Wildman–Crippen MR) is 154 cm³/mol. The maximum atomic E-state index is 14.5. The largest absolute Gasteiger partial charge is 0.461 e. The number of nitrogens with two attached hydrogens (primary N) is 1. The molecule has 5 aliphatic heterocycles. The van der Waals surface area contributed by atoms with Crippen LogP contribution in [0.15, 0.2) is 17.0 Å². The molecule has 8 rings (SSSR count). The van der Waals surface area contributed by atoms with Crippen LogP contribution in [0.4, 0.5) is 19.7 Å². The van der Waals surface area contributed by atoms with Crippen molar-refractivity contribution in [1.29, 1.82) is 0 Å². The zero-order valence-corrected chi connectivity index (χ0v) is 23.5. The van der Waals surface area contributed by atoms with Crippen molar-refractivity contribution in [2.45, 2.75) is 60.8 Å². The van der Waals surface area contributed by atoms with Gasteiger partial charge in [-0.25, -0.2) is 13.8 Å². The number of rotatable bonds is 5. The maximum Gasteiger partial charge on any atom is 0.319 e. The molecule has 5 aliphatic rings. The lowest BCUT2D eigenvalue weighted by atomic mass is 9.95. The van der Waals surface area contributed by atoms with Gasteiger partial charge in [-0.2, -0.15) is 9.97 Å². The van der Waals surface area contributed by atoms with Gasteiger partial charge in [-0.05, 0) is 62.4 Å². The Kier molecular flexibility index (Phi) is 5.88. The third-order valence-electron chi connectivity index (χ3n) is 8.95. The Balaban J connectivity index is 1.18. The van der Waals surface area contributed by atoms with Gasteiger partial charge in [0.1, 0.15) is 18.6 Å². The average molecular weight is 585 g/mol. The van der Waals surface area contributed by atoms with Crippen LogP contribution in [0.2, 0.25) is 0 Å². The standard InChI is InChI=1S/C27H30F2N8OS2/c28-14-9-27(6-1-7-37(27)10-14)13-38-26-32-20-8-19(17-4-5-18(29)22-21(17)33-25(30)39-22)35-40-23(20)24(34-26)36-11-15-2-3-16(12-36)31-15/h4-5,8,14-16,31,35H,1-3,6-7,9-13H2,(H2,30,33)/t14?,15?,16?,27-/m0/s1. The number of thiazole rings is 1. The lowest BCUT2D eigenvalue weighted by Crippen LogP contribution is -2.51. The number of fused-ring (bicyclic) bond motifs is 5. The molecule has 13 heteroatoms. The van der Waals surface area contributed by atoms with E-state index in [2.05, 4.69) is 24.8 Å². The molecular weight excluding hydrogens is 554 g/mol. The van der Waals surface area contributed by atoms with Crippen molar-refractivity contribution < 1.29 is 13.5 Å². The van der Waals surface area contributed by atoms with E-state index in [0.717, 1.165) is 84.3 Å². The number of alkyl halides is 1. The number of nitrogen functional groups attached to an aromatic ring is 1. The van der Waals surface area contributed by atoms with Gasteiger partial charge in [0, 0.05) is 43.7 Å². The van der Waals surface area contributed by atoms with Gasteiger partial charge in [0.2, 0.25) is 0 Å². The topological polar surface area (TPSA) is 104 Å². The van der Waals surface area contributed by atoms with Crippen molar-refractivity contribution in [2.24, 2.45) is 0 Å². The molecule has 2 bridgehead atoms. The molecule has 7 heterocycles. The van der Waals surface area contributed by atoms with Crippen LogP contribution >= 0.6 is 23.3 Å². The lowest BCUT2D eigenvalue weighted by Gasteiger charge is -2.35. The normalized spacial score (nSPS) is 29.4. The Morgan fingerprint density at radius 1 is 1.15 bits per heavy atom. The number of ether oxygens (including phenoxy) is 1. The monoisotopic (exact) mass is 584 g/mol. The Bertz CT molecular complexity index is 1520. The predicted octanol–water partition coefficient (Wildman–Crippen LogP) is 3.81. The fraction of sp³-hybridized carbons (Fsp3) is 0.519. The maximum absolute atomic E-state index is 14.5. The van der Waals surface area contributed by atoms with Crippen LogP contribution in [0, 0.1) is 5.82 Å². The molecular formula is C27H30F2N8OS2. The molecule has 210 valence electrons. The van der Waals surface area contributed by atoms with Crippen molar-refractivity contribution in [3.63, 3.8) is 0 Å². The highest BCUT2D eigenvalue weighted by Gasteiger charge is 2.49. The Labute approximate surface area is 238 Å². The van der Waals surface area contributed by atoms with Gasteiger partial charge in [0.05, 0.1) is 32.0 Å². The van der Waals surface area contributed by atoms with Gasteiger partial charge < -0.3 is 25.4 Å². The second kappa shape index (κ2) is 9.40. The van der Waals surface area contributed by atoms with E-state index in [1.807, 2.05) is 6.08 Å². The lowest BCUT2D eigenvalue weighted by molar-refractivity contribution is 0.107. The second-order valence-corrected chi connectivity index (χ2v) is 13.4. The van der Waals surface area contributed by atoms with Crippen LogP contribution in [0.25, 0.3) is 22.0 Å². The zero-order valence-electron chi connectivity index (χ0n) is 21.8. The van der Waals surface area contributed by atoms with Crippen LogP contribution in [-0.4, -0.2) is 76.4 Å². The molecule has 4 atom stereocenters. The van der Waals surface area contributed by atoms with Crippen molar-refractivity contribution in [3.05, 3.63) is 29.2 Å². The second-order valence-electron chi connectivity index (χ2n) is 11.5. The number of halogens is 2. The smallest absolute Gasteiger partial charge is 0.319 e. The quantitative estimate of drug-likeness (QED) is 0.384. The third kappa shape index (κ3) is 4.12. The van der Waals surface area contributed by atoms with Crippen LogP contribution in [0.1, 0.15) is 43.4 Å². The summed E-state index contributed by atoms with van der Waals surface area (Å²) in [7, 11) is 0. The van der Waals surface area contributed by atoms with Gasteiger partial charge in [-0.3, -0.25) is 4.90 Å². The van der Waals surface area contributed by atoms with Crippen LogP contribution in [-0.2, 0) is 0 Å². The van der Waals surface area contributed by atoms with Crippen molar-refractivity contribution in [1.82, 2.24) is 29.9 Å². The number of hydrogen-bond donors (Lipinski definition) is 3. The summed E-state index contributed by atoms with van der Waals surface area (Å²) >= 11 is 2.59. The number of aromatic nitrogens is 3. The average Bonchev–Trinajstić information content (AvgIpc) is 3.69. The Morgan fingerprint density at radius 2 is 2.00 bits per heavy atom. The molecule has 4 saturated heterocycles. The number of nitrogens with one attached hydrogen (secondary N) is 2. The number of nitrogens with zero attached hydrogens (tertiary/aromatic N) is 5. The van der Waals surface area contributed by atoms with E-state index < -0.39 is 6.17 Å². The van der Waals surface area contributed by atoms with E-state index >= 15 is 0 Å². The molecule has 0 radical (unpaired) electrons. The minimum absolute atomic E-state index is 0.283. The first-order valence-electron chi connectivity index (χ1n) is 13.9. The van der Waals surface area contributed by atoms with E-state index in [9.17, 15) is 8.78 Å². The van der Waals surface area contributed by atoms with E-state index in [4.69, 9.17) is 20.4 Å². The first kappa shape index (κ1) is 25.0. The molecule has 0 spiro atoms. The summed E-state index contributed by atoms with van der Waals surface area (Å²) in [6.45, 7) is 3.50. The van der Waals surface area contributed by atoms with Gasteiger partial charge in [-0.15, -0.1) is 0 Å². The molecule has 40 heavy (non-hydrogen) atoms. The number of piperazine rings is 1. The van der Waals surface area contributed by atoms with Crippen molar-refractivity contribution in [3.8, 4) is 6.01 Å². The van der Waals surface area contributed by atoms with Gasteiger partial charge in [-0.1, -0.05) is 11.3 Å². The number of hydrogen-bond acceptors (Lipinski definition) is 11. The van der Waals surface area contributed by atoms with E-state index in [0.29, 0.717) is 53.0 Å². The summed E-state index contributed by atoms with van der Waals surface area (Å²) in [5.74, 6) is 0.512. The minimum Gasteiger partial charge on any atom is -0.461 e. The summed E-state index contributed by atoms with van der Waals surface area (Å²) in [6, 6.07) is 4.35. The first-order chi connectivity index (χ1) is 19.4. The highest BCUT2D eigenvalue weighted by Crippen LogP contribution is 2.43. The fourth-order valence-corrected chi connectivity index (χ4v) is 8.76. The van der Waals surface area contributed by atoms with Gasteiger partial charge in [0.25, 0.3) is 0 Å². The molecule has 2 aromatic heterocycles.